The smallest absolute Gasteiger partial charge is 0.227 e. The lowest BCUT2D eigenvalue weighted by Crippen LogP contribution is -2.27. The molecule has 3 nitrogen and oxygen atoms in total. The molecule has 3 atom stereocenters. The molecule has 0 heterocycles. The monoisotopic (exact) mass is 259 g/mol. The minimum absolute atomic E-state index is 0.205. The average molecular weight is 259 g/mol. The van der Waals surface area contributed by atoms with Crippen LogP contribution in [0.4, 0.5) is 5.69 Å². The Morgan fingerprint density at radius 3 is 2.63 bits per heavy atom. The molecule has 0 unspecified atom stereocenters. The molecule has 0 aliphatic heterocycles. The van der Waals surface area contributed by atoms with Gasteiger partial charge < -0.3 is 10.1 Å². The summed E-state index contributed by atoms with van der Waals surface area (Å²) in [5.41, 5.74) is 0.872. The van der Waals surface area contributed by atoms with Gasteiger partial charge in [0.1, 0.15) is 5.75 Å². The Labute approximate surface area is 114 Å². The van der Waals surface area contributed by atoms with E-state index in [0.29, 0.717) is 12.5 Å². The zero-order valence-electron chi connectivity index (χ0n) is 11.4. The second-order valence-electron chi connectivity index (χ2n) is 5.73. The van der Waals surface area contributed by atoms with E-state index >= 15 is 0 Å². The first-order valence-corrected chi connectivity index (χ1v) is 7.30. The number of carbonyl (C=O) groups excluding carboxylic acids is 1. The normalized spacial score (nSPS) is 28.4. The number of amides is 1. The van der Waals surface area contributed by atoms with Crippen molar-refractivity contribution in [1.29, 1.82) is 0 Å². The highest BCUT2D eigenvalue weighted by Gasteiger charge is 2.42. The molecule has 3 rings (SSSR count). The molecule has 0 radical (unpaired) electrons. The summed E-state index contributed by atoms with van der Waals surface area (Å²) in [6.07, 6.45) is 4.93. The average Bonchev–Trinajstić information content (AvgIpc) is 3.04. The maximum atomic E-state index is 12.3. The second kappa shape index (κ2) is 5.24. The van der Waals surface area contributed by atoms with Crippen LogP contribution in [0.25, 0.3) is 0 Å². The predicted molar refractivity (Wildman–Crippen MR) is 75.2 cm³/mol. The van der Waals surface area contributed by atoms with E-state index in [0.717, 1.165) is 23.8 Å². The number of fused-ring (bicyclic) bond motifs is 2. The molecule has 0 saturated heterocycles. The number of nitrogens with one attached hydrogen (secondary N) is 1. The zero-order chi connectivity index (χ0) is 13.2. The Balaban J connectivity index is 1.60. The molecule has 19 heavy (non-hydrogen) atoms. The molecule has 0 spiro atoms. The van der Waals surface area contributed by atoms with E-state index in [9.17, 15) is 4.79 Å². The highest BCUT2D eigenvalue weighted by atomic mass is 16.5. The lowest BCUT2D eigenvalue weighted by atomic mass is 9.88. The number of anilines is 1. The first-order chi connectivity index (χ1) is 9.26. The fourth-order valence-electron chi connectivity index (χ4n) is 3.60. The van der Waals surface area contributed by atoms with Crippen molar-refractivity contribution < 1.29 is 9.53 Å². The highest BCUT2D eigenvalue weighted by molar-refractivity contribution is 5.93. The first kappa shape index (κ1) is 12.5. The van der Waals surface area contributed by atoms with Gasteiger partial charge in [0.25, 0.3) is 0 Å². The summed E-state index contributed by atoms with van der Waals surface area (Å²) in [7, 11) is 0. The summed E-state index contributed by atoms with van der Waals surface area (Å²) in [6.45, 7) is 2.63. The highest BCUT2D eigenvalue weighted by Crippen LogP contribution is 2.48. The molecular weight excluding hydrogens is 238 g/mol. The summed E-state index contributed by atoms with van der Waals surface area (Å²) >= 11 is 0. The zero-order valence-corrected chi connectivity index (χ0v) is 11.4. The minimum Gasteiger partial charge on any atom is -0.494 e. The standard InChI is InChI=1S/C16H21NO2/c1-2-19-14-7-5-13(6-8-14)17-16(18)15-10-11-3-4-12(15)9-11/h5-8,11-12,15H,2-4,9-10H2,1H3,(H,17,18)/t11-,12+,15+/m0/s1. The third kappa shape index (κ3) is 2.60. The molecule has 2 bridgehead atoms. The maximum Gasteiger partial charge on any atom is 0.227 e. The van der Waals surface area contributed by atoms with Crippen LogP contribution in [-0.2, 0) is 4.79 Å². The number of carbonyl (C=O) groups is 1. The van der Waals surface area contributed by atoms with Gasteiger partial charge in [0.05, 0.1) is 6.61 Å². The number of rotatable bonds is 4. The van der Waals surface area contributed by atoms with Crippen molar-refractivity contribution in [3.63, 3.8) is 0 Å². The molecule has 1 aromatic carbocycles. The van der Waals surface area contributed by atoms with Gasteiger partial charge >= 0.3 is 0 Å². The topological polar surface area (TPSA) is 38.3 Å². The van der Waals surface area contributed by atoms with E-state index in [2.05, 4.69) is 5.32 Å². The van der Waals surface area contributed by atoms with E-state index in [1.54, 1.807) is 0 Å². The molecule has 1 aromatic rings. The van der Waals surface area contributed by atoms with E-state index in [1.165, 1.54) is 19.3 Å². The fraction of sp³-hybridized carbons (Fsp3) is 0.562. The first-order valence-electron chi connectivity index (χ1n) is 7.30. The fourth-order valence-corrected chi connectivity index (χ4v) is 3.60. The van der Waals surface area contributed by atoms with Crippen molar-refractivity contribution >= 4 is 11.6 Å². The van der Waals surface area contributed by atoms with Crippen LogP contribution in [0.5, 0.6) is 5.75 Å². The van der Waals surface area contributed by atoms with Crippen LogP contribution in [0, 0.1) is 17.8 Å². The molecule has 1 N–H and O–H groups in total. The number of ether oxygens (including phenoxy) is 1. The molecule has 3 heteroatoms. The van der Waals surface area contributed by atoms with Gasteiger partial charge in [-0.3, -0.25) is 4.79 Å². The summed E-state index contributed by atoms with van der Waals surface area (Å²) in [4.78, 5) is 12.3. The van der Waals surface area contributed by atoms with Crippen molar-refractivity contribution in [2.75, 3.05) is 11.9 Å². The number of benzene rings is 1. The molecular formula is C16H21NO2. The van der Waals surface area contributed by atoms with Crippen molar-refractivity contribution in [2.45, 2.75) is 32.6 Å². The van der Waals surface area contributed by atoms with E-state index in [-0.39, 0.29) is 11.8 Å². The van der Waals surface area contributed by atoms with Gasteiger partial charge in [-0.15, -0.1) is 0 Å². The van der Waals surface area contributed by atoms with E-state index < -0.39 is 0 Å². The van der Waals surface area contributed by atoms with Gasteiger partial charge in [0.2, 0.25) is 5.91 Å². The SMILES string of the molecule is CCOc1ccc(NC(=O)[C@@H]2C[C@H]3CC[C@@H]2C3)cc1. The quantitative estimate of drug-likeness (QED) is 0.899. The van der Waals surface area contributed by atoms with Crippen LogP contribution >= 0.6 is 0 Å². The summed E-state index contributed by atoms with van der Waals surface area (Å²) in [6, 6.07) is 7.63. The van der Waals surface area contributed by atoms with E-state index in [1.807, 2.05) is 31.2 Å². The minimum atomic E-state index is 0.205. The van der Waals surface area contributed by atoms with Gasteiger partial charge in [-0.1, -0.05) is 6.42 Å². The molecule has 2 fully saturated rings. The van der Waals surface area contributed by atoms with Crippen LogP contribution in [0.3, 0.4) is 0 Å². The predicted octanol–water partition coefficient (Wildman–Crippen LogP) is 3.46. The van der Waals surface area contributed by atoms with Crippen LogP contribution in [-0.4, -0.2) is 12.5 Å². The molecule has 0 aromatic heterocycles. The van der Waals surface area contributed by atoms with Gasteiger partial charge in [0, 0.05) is 11.6 Å². The van der Waals surface area contributed by atoms with E-state index in [4.69, 9.17) is 4.74 Å². The van der Waals surface area contributed by atoms with Crippen molar-refractivity contribution in [3.8, 4) is 5.75 Å². The Morgan fingerprint density at radius 2 is 2.05 bits per heavy atom. The van der Waals surface area contributed by atoms with Crippen LogP contribution < -0.4 is 10.1 Å². The van der Waals surface area contributed by atoms with Crippen LogP contribution in [0.2, 0.25) is 0 Å². The van der Waals surface area contributed by atoms with Crippen molar-refractivity contribution in [2.24, 2.45) is 17.8 Å². The molecule has 2 saturated carbocycles. The van der Waals surface area contributed by atoms with Gasteiger partial charge in [0.15, 0.2) is 0 Å². The van der Waals surface area contributed by atoms with Crippen LogP contribution in [0.15, 0.2) is 24.3 Å². The molecule has 2 aliphatic rings. The summed E-state index contributed by atoms with van der Waals surface area (Å²) in [5.74, 6) is 2.73. The Bertz CT molecular complexity index is 454. The third-order valence-corrected chi connectivity index (χ3v) is 4.51. The Kier molecular flexibility index (Phi) is 3.45. The third-order valence-electron chi connectivity index (χ3n) is 4.51. The van der Waals surface area contributed by atoms with Crippen molar-refractivity contribution in [1.82, 2.24) is 0 Å². The Hall–Kier alpha value is -1.51. The lowest BCUT2D eigenvalue weighted by molar-refractivity contribution is -0.121. The largest absolute Gasteiger partial charge is 0.494 e. The lowest BCUT2D eigenvalue weighted by Gasteiger charge is -2.20. The molecule has 2 aliphatic carbocycles. The number of hydrogen-bond donors (Lipinski definition) is 1. The summed E-state index contributed by atoms with van der Waals surface area (Å²) < 4.78 is 5.39. The number of hydrogen-bond acceptors (Lipinski definition) is 2. The van der Waals surface area contributed by atoms with Gasteiger partial charge in [-0.05, 0) is 62.3 Å². The molecule has 102 valence electrons. The van der Waals surface area contributed by atoms with Gasteiger partial charge in [-0.2, -0.15) is 0 Å². The second-order valence-corrected chi connectivity index (χ2v) is 5.73. The van der Waals surface area contributed by atoms with Gasteiger partial charge in [-0.25, -0.2) is 0 Å². The maximum absolute atomic E-state index is 12.3. The van der Waals surface area contributed by atoms with Crippen molar-refractivity contribution in [3.05, 3.63) is 24.3 Å². The van der Waals surface area contributed by atoms with Crippen LogP contribution in [0.1, 0.15) is 32.6 Å². The summed E-state index contributed by atoms with van der Waals surface area (Å²) in [5, 5.41) is 3.04. The molecule has 1 amide bonds. The Morgan fingerprint density at radius 1 is 1.26 bits per heavy atom.